The van der Waals surface area contributed by atoms with E-state index in [0.717, 1.165) is 19.6 Å². The first-order chi connectivity index (χ1) is 19.9. The number of hydrogen-bond donors (Lipinski definition) is 4. The minimum absolute atomic E-state index is 0.114. The molecule has 1 aromatic carbocycles. The fourth-order valence-corrected chi connectivity index (χ4v) is 4.85. The van der Waals surface area contributed by atoms with Crippen LogP contribution in [-0.2, 0) is 6.54 Å². The number of aromatic nitrogens is 6. The minimum Gasteiger partial charge on any atom is -0.461 e. The van der Waals surface area contributed by atoms with Crippen molar-refractivity contribution in [3.05, 3.63) is 54.3 Å². The predicted octanol–water partition coefficient (Wildman–Crippen LogP) is 0.361. The van der Waals surface area contributed by atoms with Crippen LogP contribution < -0.4 is 16.0 Å². The van der Waals surface area contributed by atoms with Gasteiger partial charge in [-0.25, -0.2) is 14.4 Å². The van der Waals surface area contributed by atoms with Gasteiger partial charge in [-0.2, -0.15) is 9.50 Å². The molecular weight excluding hydrogens is 535 g/mol. The number of amides is 1. The summed E-state index contributed by atoms with van der Waals surface area (Å²) in [7, 11) is 0. The monoisotopic (exact) mass is 564 g/mol. The molecule has 5 heterocycles. The lowest BCUT2D eigenvalue weighted by Crippen LogP contribution is -2.47. The van der Waals surface area contributed by atoms with Crippen LogP contribution in [-0.4, -0.2) is 102 Å². The molecule has 0 bridgehead atoms. The lowest BCUT2D eigenvalue weighted by molar-refractivity contribution is 0.0801. The third kappa shape index (κ3) is 5.29. The molecule has 1 unspecified atom stereocenters. The van der Waals surface area contributed by atoms with Crippen LogP contribution in [0.3, 0.4) is 0 Å². The van der Waals surface area contributed by atoms with Crippen LogP contribution in [0.4, 0.5) is 16.0 Å². The molecule has 5 N–H and O–H groups in total. The SMILES string of the molecule is Nc1nc2c(ncn2CCN2CCN(c3ccc(C(=O)NCC(O)CO)cc3F)CC2)c2nc(-c3ccco3)nn12. The Morgan fingerprint density at radius 2 is 1.98 bits per heavy atom. The highest BCUT2D eigenvalue weighted by atomic mass is 19.1. The molecule has 5 aromatic rings. The van der Waals surface area contributed by atoms with E-state index in [9.17, 15) is 14.3 Å². The molecule has 15 heteroatoms. The maximum Gasteiger partial charge on any atom is 0.251 e. The zero-order valence-corrected chi connectivity index (χ0v) is 22.0. The van der Waals surface area contributed by atoms with Crippen LogP contribution in [0, 0.1) is 5.82 Å². The van der Waals surface area contributed by atoms with Gasteiger partial charge in [0.2, 0.25) is 11.8 Å². The number of piperazine rings is 1. The molecule has 41 heavy (non-hydrogen) atoms. The average Bonchev–Trinajstić information content (AvgIpc) is 3.75. The highest BCUT2D eigenvalue weighted by Gasteiger charge is 2.22. The summed E-state index contributed by atoms with van der Waals surface area (Å²) in [6, 6.07) is 7.87. The van der Waals surface area contributed by atoms with E-state index < -0.39 is 24.4 Å². The van der Waals surface area contributed by atoms with Gasteiger partial charge in [-0.05, 0) is 30.3 Å². The molecule has 14 nitrogen and oxygen atoms in total. The van der Waals surface area contributed by atoms with Crippen molar-refractivity contribution in [2.75, 3.05) is 56.5 Å². The molecule has 0 aliphatic carbocycles. The number of nitrogens with zero attached hydrogens (tertiary/aromatic N) is 8. The quantitative estimate of drug-likeness (QED) is 0.194. The summed E-state index contributed by atoms with van der Waals surface area (Å²) in [5.74, 6) is 0.115. The van der Waals surface area contributed by atoms with Crippen molar-refractivity contribution in [3.8, 4) is 11.6 Å². The molecule has 1 amide bonds. The Hall–Kier alpha value is -4.60. The largest absolute Gasteiger partial charge is 0.461 e. The van der Waals surface area contributed by atoms with Gasteiger partial charge in [0.15, 0.2) is 22.6 Å². The molecule has 214 valence electrons. The number of hydrogen-bond acceptors (Lipinski definition) is 11. The zero-order valence-electron chi connectivity index (χ0n) is 22.0. The summed E-state index contributed by atoms with van der Waals surface area (Å²) in [6.45, 7) is 3.47. The first kappa shape index (κ1) is 26.6. The average molecular weight is 565 g/mol. The second-order valence-corrected chi connectivity index (χ2v) is 9.77. The number of aliphatic hydroxyl groups is 2. The van der Waals surface area contributed by atoms with E-state index in [-0.39, 0.29) is 18.1 Å². The predicted molar refractivity (Wildman–Crippen MR) is 147 cm³/mol. The molecule has 0 spiro atoms. The van der Waals surface area contributed by atoms with Gasteiger partial charge in [0.25, 0.3) is 5.91 Å². The van der Waals surface area contributed by atoms with Gasteiger partial charge in [0.05, 0.1) is 31.0 Å². The summed E-state index contributed by atoms with van der Waals surface area (Å²) in [4.78, 5) is 30.0. The Balaban J connectivity index is 1.07. The number of aliphatic hydroxyl groups excluding tert-OH is 2. The molecule has 1 aliphatic rings. The smallest absolute Gasteiger partial charge is 0.251 e. The van der Waals surface area contributed by atoms with Crippen LogP contribution >= 0.6 is 0 Å². The Bertz CT molecular complexity index is 1680. The Morgan fingerprint density at radius 3 is 2.71 bits per heavy atom. The van der Waals surface area contributed by atoms with Crippen molar-refractivity contribution in [3.63, 3.8) is 0 Å². The van der Waals surface area contributed by atoms with Crippen LogP contribution in [0.15, 0.2) is 47.3 Å². The van der Waals surface area contributed by atoms with E-state index in [4.69, 9.17) is 15.3 Å². The first-order valence-corrected chi connectivity index (χ1v) is 13.2. The number of carbonyl (C=O) groups excluding carboxylic acids is 1. The number of benzene rings is 1. The van der Waals surface area contributed by atoms with E-state index >= 15 is 0 Å². The maximum atomic E-state index is 14.9. The van der Waals surface area contributed by atoms with Crippen LogP contribution in [0.25, 0.3) is 28.4 Å². The number of nitrogens with two attached hydrogens (primary N) is 1. The second-order valence-electron chi connectivity index (χ2n) is 9.77. The Labute approximate surface area is 232 Å². The number of carbonyl (C=O) groups is 1. The number of fused-ring (bicyclic) bond motifs is 3. The molecule has 4 aromatic heterocycles. The van der Waals surface area contributed by atoms with Crippen molar-refractivity contribution in [2.45, 2.75) is 12.6 Å². The Morgan fingerprint density at radius 1 is 1.15 bits per heavy atom. The van der Waals surface area contributed by atoms with Crippen molar-refractivity contribution < 1.29 is 23.8 Å². The second kappa shape index (κ2) is 11.1. The summed E-state index contributed by atoms with van der Waals surface area (Å²) in [5, 5.41) is 25.1. The highest BCUT2D eigenvalue weighted by Crippen LogP contribution is 2.24. The van der Waals surface area contributed by atoms with E-state index in [2.05, 4.69) is 30.3 Å². The van der Waals surface area contributed by atoms with Gasteiger partial charge in [-0.15, -0.1) is 5.10 Å². The van der Waals surface area contributed by atoms with Crippen molar-refractivity contribution >= 4 is 34.4 Å². The van der Waals surface area contributed by atoms with Crippen LogP contribution in [0.1, 0.15) is 10.4 Å². The molecule has 1 atom stereocenters. The number of anilines is 2. The third-order valence-corrected chi connectivity index (χ3v) is 7.10. The topological polar surface area (TPSA) is 176 Å². The minimum atomic E-state index is -1.06. The molecule has 0 saturated carbocycles. The van der Waals surface area contributed by atoms with Crippen LogP contribution in [0.2, 0.25) is 0 Å². The fourth-order valence-electron chi connectivity index (χ4n) is 4.85. The van der Waals surface area contributed by atoms with E-state index in [0.29, 0.717) is 53.7 Å². The van der Waals surface area contributed by atoms with Gasteiger partial charge in [-0.3, -0.25) is 9.69 Å². The number of halogens is 1. The lowest BCUT2D eigenvalue weighted by atomic mass is 10.1. The molecule has 6 rings (SSSR count). The van der Waals surface area contributed by atoms with Crippen molar-refractivity contribution in [1.29, 1.82) is 0 Å². The van der Waals surface area contributed by atoms with Gasteiger partial charge in [-0.1, -0.05) is 0 Å². The summed E-state index contributed by atoms with van der Waals surface area (Å²) in [6.07, 6.45) is 2.20. The highest BCUT2D eigenvalue weighted by molar-refractivity contribution is 5.94. The lowest BCUT2D eigenvalue weighted by Gasteiger charge is -2.36. The summed E-state index contributed by atoms with van der Waals surface area (Å²) < 4.78 is 23.7. The Kier molecular flexibility index (Phi) is 7.21. The third-order valence-electron chi connectivity index (χ3n) is 7.10. The fraction of sp³-hybridized carbons (Fsp3) is 0.346. The molecule has 1 fully saturated rings. The van der Waals surface area contributed by atoms with Gasteiger partial charge >= 0.3 is 0 Å². The number of nitrogens with one attached hydrogen (secondary N) is 1. The standard InChI is InChI=1S/C26H29FN10O4/c27-18-12-16(25(40)29-13-17(39)14-38)3-4-19(18)35-8-5-34(6-9-35)7-10-36-15-30-21-23(36)32-26(28)37-24(21)31-22(33-37)20-2-1-11-41-20/h1-4,11-12,15,17,38-39H,5-10,13-14H2,(H2,28,32)(H,29,40). The van der Waals surface area contributed by atoms with Crippen molar-refractivity contribution in [2.24, 2.45) is 0 Å². The van der Waals surface area contributed by atoms with Gasteiger partial charge in [0, 0.05) is 51.4 Å². The number of nitrogen functional groups attached to an aromatic ring is 1. The molecule has 0 radical (unpaired) electrons. The molecular formula is C26H29FN10O4. The van der Waals surface area contributed by atoms with Crippen LogP contribution in [0.5, 0.6) is 0 Å². The summed E-state index contributed by atoms with van der Waals surface area (Å²) >= 11 is 0. The van der Waals surface area contributed by atoms with Gasteiger partial charge in [0.1, 0.15) is 5.82 Å². The first-order valence-electron chi connectivity index (χ1n) is 13.2. The number of imidazole rings is 1. The summed E-state index contributed by atoms with van der Waals surface area (Å²) in [5.41, 5.74) is 8.47. The normalized spacial score (nSPS) is 15.1. The van der Waals surface area contributed by atoms with E-state index in [1.54, 1.807) is 36.9 Å². The zero-order chi connectivity index (χ0) is 28.5. The molecule has 1 saturated heterocycles. The van der Waals surface area contributed by atoms with Crippen molar-refractivity contribution in [1.82, 2.24) is 39.3 Å². The maximum absolute atomic E-state index is 14.9. The van der Waals surface area contributed by atoms with E-state index in [1.165, 1.54) is 10.6 Å². The van der Waals surface area contributed by atoms with E-state index in [1.807, 2.05) is 9.47 Å². The molecule has 1 aliphatic heterocycles. The van der Waals surface area contributed by atoms with Gasteiger partial charge < -0.3 is 35.1 Å². The number of rotatable bonds is 9. The number of furan rings is 1.